The van der Waals surface area contributed by atoms with Crippen LogP contribution in [-0.2, 0) is 9.59 Å². The third-order valence-corrected chi connectivity index (χ3v) is 3.85. The lowest BCUT2D eigenvalue weighted by Crippen LogP contribution is -2.55. The third-order valence-electron chi connectivity index (χ3n) is 3.85. The quantitative estimate of drug-likeness (QED) is 0.696. The molecule has 0 aliphatic carbocycles. The average molecular weight is 299 g/mol. The molecule has 0 aromatic rings. The maximum Gasteiger partial charge on any atom is 0.326 e. The van der Waals surface area contributed by atoms with Crippen molar-refractivity contribution in [3.05, 3.63) is 0 Å². The first kappa shape index (κ1) is 17.3. The highest BCUT2D eigenvalue weighted by atomic mass is 16.4. The van der Waals surface area contributed by atoms with Gasteiger partial charge in [-0.2, -0.15) is 0 Å². The number of amides is 3. The van der Waals surface area contributed by atoms with Crippen molar-refractivity contribution in [2.24, 2.45) is 17.6 Å². The topological polar surface area (TPSA) is 113 Å². The molecule has 0 aromatic carbocycles. The molecule has 0 radical (unpaired) electrons. The van der Waals surface area contributed by atoms with Gasteiger partial charge in [-0.15, -0.1) is 0 Å². The summed E-state index contributed by atoms with van der Waals surface area (Å²) in [6.07, 6.45) is 1.71. The fourth-order valence-corrected chi connectivity index (χ4v) is 2.55. The zero-order valence-corrected chi connectivity index (χ0v) is 12.8. The van der Waals surface area contributed by atoms with Crippen molar-refractivity contribution in [2.75, 3.05) is 6.54 Å². The van der Waals surface area contributed by atoms with Crippen LogP contribution in [0.5, 0.6) is 0 Å². The summed E-state index contributed by atoms with van der Waals surface area (Å²) in [6.45, 7) is 5.93. The van der Waals surface area contributed by atoms with E-state index >= 15 is 0 Å². The van der Waals surface area contributed by atoms with E-state index in [1.165, 1.54) is 4.90 Å². The van der Waals surface area contributed by atoms with Crippen molar-refractivity contribution in [3.8, 4) is 0 Å². The van der Waals surface area contributed by atoms with Gasteiger partial charge in [-0.1, -0.05) is 13.8 Å². The molecule has 0 bridgehead atoms. The molecule has 120 valence electrons. The summed E-state index contributed by atoms with van der Waals surface area (Å²) in [6, 6.07) is -1.39. The fraction of sp³-hybridized carbons (Fsp3) is 0.786. The van der Waals surface area contributed by atoms with E-state index in [4.69, 9.17) is 10.8 Å². The summed E-state index contributed by atoms with van der Waals surface area (Å²) in [7, 11) is 0. The molecule has 4 N–H and O–H groups in total. The number of hydrogen-bond donors (Lipinski definition) is 3. The van der Waals surface area contributed by atoms with Crippen LogP contribution >= 0.6 is 0 Å². The number of nitrogens with one attached hydrogen (secondary N) is 1. The number of likely N-dealkylation sites (tertiary alicyclic amines) is 1. The average Bonchev–Trinajstić information content (AvgIpc) is 2.37. The Hall–Kier alpha value is -1.79. The number of hydrogen-bond acceptors (Lipinski definition) is 3. The predicted octanol–water partition coefficient (Wildman–Crippen LogP) is 0.781. The molecule has 1 heterocycles. The Kier molecular flexibility index (Phi) is 5.99. The van der Waals surface area contributed by atoms with E-state index < -0.39 is 23.9 Å². The van der Waals surface area contributed by atoms with Crippen LogP contribution in [0.2, 0.25) is 0 Å². The Morgan fingerprint density at radius 3 is 2.43 bits per heavy atom. The van der Waals surface area contributed by atoms with Crippen LogP contribution in [0, 0.1) is 11.8 Å². The molecule has 3 unspecified atom stereocenters. The Balaban J connectivity index is 2.71. The Morgan fingerprint density at radius 2 is 1.95 bits per heavy atom. The van der Waals surface area contributed by atoms with Crippen molar-refractivity contribution < 1.29 is 19.5 Å². The van der Waals surface area contributed by atoms with Crippen LogP contribution in [0.15, 0.2) is 0 Å². The van der Waals surface area contributed by atoms with E-state index in [1.807, 2.05) is 20.8 Å². The number of carboxylic acids is 1. The van der Waals surface area contributed by atoms with Gasteiger partial charge < -0.3 is 21.1 Å². The molecule has 0 spiro atoms. The maximum atomic E-state index is 12.3. The van der Waals surface area contributed by atoms with Crippen LogP contribution in [0.4, 0.5) is 4.79 Å². The SMILES string of the molecule is CC(C)CC(NC(=O)N1CC(C(N)=O)CCC1C)C(=O)O. The summed E-state index contributed by atoms with van der Waals surface area (Å²) in [5.41, 5.74) is 5.30. The molecule has 1 rings (SSSR count). The lowest BCUT2D eigenvalue weighted by Gasteiger charge is -2.37. The summed E-state index contributed by atoms with van der Waals surface area (Å²) >= 11 is 0. The molecule has 1 aliphatic rings. The molecule has 3 amide bonds. The molecule has 1 aliphatic heterocycles. The smallest absolute Gasteiger partial charge is 0.326 e. The monoisotopic (exact) mass is 299 g/mol. The van der Waals surface area contributed by atoms with Gasteiger partial charge >= 0.3 is 12.0 Å². The van der Waals surface area contributed by atoms with Crippen LogP contribution in [0.3, 0.4) is 0 Å². The van der Waals surface area contributed by atoms with Gasteiger partial charge in [0.1, 0.15) is 6.04 Å². The highest BCUT2D eigenvalue weighted by molar-refractivity contribution is 5.83. The summed E-state index contributed by atoms with van der Waals surface area (Å²) in [5.74, 6) is -1.67. The number of carbonyl (C=O) groups is 3. The lowest BCUT2D eigenvalue weighted by atomic mass is 9.93. The Bertz CT molecular complexity index is 411. The minimum atomic E-state index is -1.05. The van der Waals surface area contributed by atoms with Crippen LogP contribution in [0.25, 0.3) is 0 Å². The number of nitrogens with zero attached hydrogens (tertiary/aromatic N) is 1. The molecular formula is C14H25N3O4. The maximum absolute atomic E-state index is 12.3. The van der Waals surface area contributed by atoms with Gasteiger partial charge in [-0.05, 0) is 32.1 Å². The number of rotatable bonds is 5. The minimum Gasteiger partial charge on any atom is -0.480 e. The normalized spacial score (nSPS) is 23.7. The first-order valence-electron chi connectivity index (χ1n) is 7.31. The van der Waals surface area contributed by atoms with Crippen LogP contribution < -0.4 is 11.1 Å². The van der Waals surface area contributed by atoms with E-state index in [9.17, 15) is 14.4 Å². The van der Waals surface area contributed by atoms with Gasteiger partial charge in [-0.25, -0.2) is 9.59 Å². The van der Waals surface area contributed by atoms with Crippen molar-refractivity contribution in [1.29, 1.82) is 0 Å². The zero-order valence-electron chi connectivity index (χ0n) is 12.8. The second-order valence-corrected chi connectivity index (χ2v) is 6.15. The van der Waals surface area contributed by atoms with Crippen molar-refractivity contribution in [2.45, 2.75) is 52.1 Å². The molecule has 0 saturated carbocycles. The number of nitrogens with two attached hydrogens (primary N) is 1. The molecule has 21 heavy (non-hydrogen) atoms. The van der Waals surface area contributed by atoms with Crippen molar-refractivity contribution in [1.82, 2.24) is 10.2 Å². The highest BCUT2D eigenvalue weighted by Gasteiger charge is 2.33. The standard InChI is InChI=1S/C14H25N3O4/c1-8(2)6-11(13(19)20)16-14(21)17-7-10(12(15)18)5-4-9(17)3/h8-11H,4-7H2,1-3H3,(H2,15,18)(H,16,21)(H,19,20). The summed E-state index contributed by atoms with van der Waals surface area (Å²) in [4.78, 5) is 36.3. The van der Waals surface area contributed by atoms with E-state index in [0.717, 1.165) is 0 Å². The molecule has 7 heteroatoms. The number of urea groups is 1. The number of aliphatic carboxylic acids is 1. The fourth-order valence-electron chi connectivity index (χ4n) is 2.55. The number of carbonyl (C=O) groups excluding carboxylic acids is 2. The summed E-state index contributed by atoms with van der Waals surface area (Å²) < 4.78 is 0. The molecule has 1 saturated heterocycles. The number of piperidine rings is 1. The molecule has 7 nitrogen and oxygen atoms in total. The Labute approximate surface area is 124 Å². The van der Waals surface area contributed by atoms with Gasteiger partial charge in [-0.3, -0.25) is 4.79 Å². The van der Waals surface area contributed by atoms with Gasteiger partial charge in [0.05, 0.1) is 5.92 Å². The highest BCUT2D eigenvalue weighted by Crippen LogP contribution is 2.22. The van der Waals surface area contributed by atoms with E-state index in [0.29, 0.717) is 19.3 Å². The largest absolute Gasteiger partial charge is 0.480 e. The third kappa shape index (κ3) is 4.91. The van der Waals surface area contributed by atoms with E-state index in [2.05, 4.69) is 5.32 Å². The van der Waals surface area contributed by atoms with E-state index in [-0.39, 0.29) is 24.4 Å². The van der Waals surface area contributed by atoms with Crippen molar-refractivity contribution in [3.63, 3.8) is 0 Å². The van der Waals surface area contributed by atoms with E-state index in [1.54, 1.807) is 0 Å². The Morgan fingerprint density at radius 1 is 1.33 bits per heavy atom. The molecule has 0 aromatic heterocycles. The van der Waals surface area contributed by atoms with Gasteiger partial charge in [0.25, 0.3) is 0 Å². The summed E-state index contributed by atoms with van der Waals surface area (Å²) in [5, 5.41) is 11.7. The van der Waals surface area contributed by atoms with Crippen molar-refractivity contribution >= 4 is 17.9 Å². The second-order valence-electron chi connectivity index (χ2n) is 6.15. The first-order chi connectivity index (χ1) is 9.72. The molecular weight excluding hydrogens is 274 g/mol. The predicted molar refractivity (Wildman–Crippen MR) is 77.5 cm³/mol. The van der Waals surface area contributed by atoms with Crippen LogP contribution in [-0.4, -0.2) is 46.5 Å². The lowest BCUT2D eigenvalue weighted by molar-refractivity contribution is -0.139. The second kappa shape index (κ2) is 7.28. The van der Waals surface area contributed by atoms with Gasteiger partial charge in [0.15, 0.2) is 0 Å². The zero-order chi connectivity index (χ0) is 16.2. The number of carboxylic acid groups (broad SMARTS) is 1. The molecule has 1 fully saturated rings. The van der Waals surface area contributed by atoms with Gasteiger partial charge in [0.2, 0.25) is 5.91 Å². The first-order valence-corrected chi connectivity index (χ1v) is 7.31. The van der Waals surface area contributed by atoms with Crippen LogP contribution in [0.1, 0.15) is 40.0 Å². The minimum absolute atomic E-state index is 0.0332. The van der Waals surface area contributed by atoms with Gasteiger partial charge in [0, 0.05) is 12.6 Å². The number of primary amides is 1. The molecule has 3 atom stereocenters.